The summed E-state index contributed by atoms with van der Waals surface area (Å²) in [6.45, 7) is 1.42. The number of aromatic nitrogens is 1. The van der Waals surface area contributed by atoms with E-state index in [1.807, 2.05) is 4.90 Å². The number of halogens is 1. The molecule has 1 aromatic rings. The molecule has 2 aliphatic rings. The fourth-order valence-electron chi connectivity index (χ4n) is 3.96. The Balaban J connectivity index is 1.95. The molecule has 0 spiro atoms. The van der Waals surface area contributed by atoms with Crippen LogP contribution in [0.15, 0.2) is 34.7 Å². The molecule has 1 aromatic heterocycles. The summed E-state index contributed by atoms with van der Waals surface area (Å²) in [4.78, 5) is 20.3. The number of fused-ring (bicyclic) bond motifs is 1. The summed E-state index contributed by atoms with van der Waals surface area (Å²) in [6.07, 6.45) is 7.90. The number of aliphatic imine (C=N–C) groups is 1. The number of amides is 1. The van der Waals surface area contributed by atoms with Crippen molar-refractivity contribution in [1.29, 1.82) is 5.26 Å². The zero-order valence-corrected chi connectivity index (χ0v) is 18.3. The first-order valence-corrected chi connectivity index (χ1v) is 10.5. The molecule has 32 heavy (non-hydrogen) atoms. The maximum absolute atomic E-state index is 14.4. The van der Waals surface area contributed by atoms with E-state index in [2.05, 4.69) is 11.1 Å². The van der Waals surface area contributed by atoms with Crippen LogP contribution in [0.25, 0.3) is 0 Å². The molecule has 2 aliphatic heterocycles. The van der Waals surface area contributed by atoms with Gasteiger partial charge >= 0.3 is 0 Å². The van der Waals surface area contributed by atoms with E-state index < -0.39 is 12.1 Å². The number of carbonyl (C=O) groups excluding carboxylic acids is 1. The van der Waals surface area contributed by atoms with Crippen molar-refractivity contribution in [2.75, 3.05) is 32.3 Å². The topological polar surface area (TPSA) is 97.0 Å². The van der Waals surface area contributed by atoms with Crippen LogP contribution in [0.5, 0.6) is 0 Å². The molecular formula is C23H27FN4O4. The van der Waals surface area contributed by atoms with Gasteiger partial charge in [0.2, 0.25) is 12.7 Å². The number of rotatable bonds is 9. The van der Waals surface area contributed by atoms with Crippen LogP contribution in [0.3, 0.4) is 0 Å². The lowest BCUT2D eigenvalue weighted by Gasteiger charge is -2.30. The molecule has 0 saturated carbocycles. The molecule has 1 atom stereocenters. The van der Waals surface area contributed by atoms with Crippen molar-refractivity contribution >= 4 is 18.4 Å². The van der Waals surface area contributed by atoms with E-state index in [1.54, 1.807) is 26.5 Å². The van der Waals surface area contributed by atoms with Gasteiger partial charge < -0.3 is 19.1 Å². The largest absolute Gasteiger partial charge is 0.378 e. The second-order valence-electron chi connectivity index (χ2n) is 7.53. The summed E-state index contributed by atoms with van der Waals surface area (Å²) in [5.74, 6) is -0.0855. The molecule has 1 saturated heterocycles. The van der Waals surface area contributed by atoms with Crippen LogP contribution in [-0.2, 0) is 31.8 Å². The highest BCUT2D eigenvalue weighted by molar-refractivity contribution is 5.89. The molecule has 8 nitrogen and oxygen atoms in total. The zero-order chi connectivity index (χ0) is 22.9. The standard InChI is InChI=1S/C23H27FN4O4/c1-30-23(31-2)21-17(12-19-6-4-10-32-19)11-16-5-3-8-28(22(16)27-21)9-7-20(24)18(13-25)14-26-15-29/h7,9,11,14-15,19,23H,3-6,8,10,12H2,1-2H3/b9-7+,20-18+,26-14-. The van der Waals surface area contributed by atoms with Gasteiger partial charge in [-0.3, -0.25) is 4.79 Å². The van der Waals surface area contributed by atoms with Crippen LogP contribution in [0.2, 0.25) is 0 Å². The molecule has 0 aromatic carbocycles. The first kappa shape index (κ1) is 23.7. The van der Waals surface area contributed by atoms with Gasteiger partial charge in [-0.2, -0.15) is 5.26 Å². The Labute approximate surface area is 187 Å². The lowest BCUT2D eigenvalue weighted by molar-refractivity contribution is -0.109. The molecule has 3 rings (SSSR count). The van der Waals surface area contributed by atoms with Gasteiger partial charge in [-0.25, -0.2) is 14.4 Å². The normalized spacial score (nSPS) is 19.5. The van der Waals surface area contributed by atoms with Gasteiger partial charge in [0.1, 0.15) is 29.0 Å². The van der Waals surface area contributed by atoms with Gasteiger partial charge in [-0.05, 0) is 42.9 Å². The first-order chi connectivity index (χ1) is 15.6. The molecule has 3 heterocycles. The molecule has 0 bridgehead atoms. The third-order valence-corrected chi connectivity index (χ3v) is 5.47. The SMILES string of the molecule is COC(OC)c1nc2c(cc1CC1CCCO1)CCCN2/C=C/C(F)=C(C#N)\C=N/C=O. The van der Waals surface area contributed by atoms with Crippen LogP contribution in [0.4, 0.5) is 10.2 Å². The van der Waals surface area contributed by atoms with Crippen molar-refractivity contribution in [1.82, 2.24) is 4.98 Å². The molecule has 1 amide bonds. The smallest absolute Gasteiger partial charge is 0.232 e. The number of hydrogen-bond acceptors (Lipinski definition) is 7. The third-order valence-electron chi connectivity index (χ3n) is 5.47. The van der Waals surface area contributed by atoms with Gasteiger partial charge in [-0.15, -0.1) is 0 Å². The summed E-state index contributed by atoms with van der Waals surface area (Å²) in [5, 5.41) is 9.06. The monoisotopic (exact) mass is 442 g/mol. The number of anilines is 1. The Hall–Kier alpha value is -2.93. The number of ether oxygens (including phenoxy) is 3. The minimum Gasteiger partial charge on any atom is -0.378 e. The second-order valence-corrected chi connectivity index (χ2v) is 7.53. The molecule has 1 fully saturated rings. The van der Waals surface area contributed by atoms with Crippen LogP contribution in [-0.4, -0.2) is 51.1 Å². The third kappa shape index (κ3) is 5.65. The van der Waals surface area contributed by atoms with E-state index >= 15 is 0 Å². The maximum Gasteiger partial charge on any atom is 0.232 e. The summed E-state index contributed by atoms with van der Waals surface area (Å²) < 4.78 is 31.2. The average Bonchev–Trinajstić information content (AvgIpc) is 3.32. The van der Waals surface area contributed by atoms with E-state index in [1.165, 1.54) is 6.08 Å². The molecule has 1 unspecified atom stereocenters. The Morgan fingerprint density at radius 3 is 2.94 bits per heavy atom. The zero-order valence-electron chi connectivity index (χ0n) is 18.3. The molecule has 0 radical (unpaired) electrons. The first-order valence-electron chi connectivity index (χ1n) is 10.5. The Morgan fingerprint density at radius 1 is 1.47 bits per heavy atom. The van der Waals surface area contributed by atoms with E-state index in [9.17, 15) is 9.18 Å². The maximum atomic E-state index is 14.4. The van der Waals surface area contributed by atoms with E-state index in [-0.39, 0.29) is 18.1 Å². The molecule has 9 heteroatoms. The molecule has 0 N–H and O–H groups in total. The summed E-state index contributed by atoms with van der Waals surface area (Å²) in [7, 11) is 3.13. The van der Waals surface area contributed by atoms with Crippen LogP contribution in [0.1, 0.15) is 42.4 Å². The van der Waals surface area contributed by atoms with Gasteiger partial charge in [0, 0.05) is 40.0 Å². The molecule has 170 valence electrons. The fourth-order valence-corrected chi connectivity index (χ4v) is 3.96. The Bertz CT molecular complexity index is 944. The number of nitrogens with zero attached hydrogens (tertiary/aromatic N) is 4. The molecular weight excluding hydrogens is 415 g/mol. The minimum atomic E-state index is -0.785. The second kappa shape index (κ2) is 11.6. The lowest BCUT2D eigenvalue weighted by Crippen LogP contribution is -2.27. The van der Waals surface area contributed by atoms with Crippen molar-refractivity contribution in [2.24, 2.45) is 4.99 Å². The van der Waals surface area contributed by atoms with Gasteiger partial charge in [0.05, 0.1) is 12.3 Å². The highest BCUT2D eigenvalue weighted by Crippen LogP contribution is 2.33. The summed E-state index contributed by atoms with van der Waals surface area (Å²) >= 11 is 0. The van der Waals surface area contributed by atoms with Crippen molar-refractivity contribution in [3.05, 3.63) is 46.6 Å². The van der Waals surface area contributed by atoms with Crippen molar-refractivity contribution in [2.45, 2.75) is 44.5 Å². The summed E-state index contributed by atoms with van der Waals surface area (Å²) in [5.41, 5.74) is 2.43. The average molecular weight is 442 g/mol. The van der Waals surface area contributed by atoms with E-state index in [4.69, 9.17) is 24.5 Å². The Morgan fingerprint density at radius 2 is 2.28 bits per heavy atom. The van der Waals surface area contributed by atoms with E-state index in [0.29, 0.717) is 18.1 Å². The quantitative estimate of drug-likeness (QED) is 0.190. The number of allylic oxidation sites excluding steroid dienone is 3. The van der Waals surface area contributed by atoms with Crippen LogP contribution < -0.4 is 4.90 Å². The lowest BCUT2D eigenvalue weighted by atomic mass is 9.97. The van der Waals surface area contributed by atoms with Crippen LogP contribution >= 0.6 is 0 Å². The number of aryl methyl sites for hydroxylation is 1. The predicted molar refractivity (Wildman–Crippen MR) is 117 cm³/mol. The number of methoxy groups -OCH3 is 2. The van der Waals surface area contributed by atoms with Crippen molar-refractivity contribution in [3.8, 4) is 6.07 Å². The van der Waals surface area contributed by atoms with E-state index in [0.717, 1.165) is 56.1 Å². The number of nitriles is 1. The Kier molecular flexibility index (Phi) is 8.62. The minimum absolute atomic E-state index is 0.152. The highest BCUT2D eigenvalue weighted by Gasteiger charge is 2.26. The van der Waals surface area contributed by atoms with Crippen molar-refractivity contribution < 1.29 is 23.4 Å². The number of pyridine rings is 1. The molecule has 0 aliphatic carbocycles. The summed E-state index contributed by atoms with van der Waals surface area (Å²) in [6, 6.07) is 3.81. The number of carbonyl (C=O) groups is 1. The fraction of sp³-hybridized carbons (Fsp3) is 0.478. The number of hydrogen-bond donors (Lipinski definition) is 0. The van der Waals surface area contributed by atoms with Gasteiger partial charge in [0.15, 0.2) is 0 Å². The van der Waals surface area contributed by atoms with Gasteiger partial charge in [0.25, 0.3) is 0 Å². The highest BCUT2D eigenvalue weighted by atomic mass is 19.1. The van der Waals surface area contributed by atoms with Crippen LogP contribution in [0, 0.1) is 11.3 Å². The van der Waals surface area contributed by atoms with Crippen molar-refractivity contribution in [3.63, 3.8) is 0 Å². The predicted octanol–water partition coefficient (Wildman–Crippen LogP) is 3.34. The van der Waals surface area contributed by atoms with Gasteiger partial charge in [-0.1, -0.05) is 6.07 Å².